The summed E-state index contributed by atoms with van der Waals surface area (Å²) in [5, 5.41) is 0. The average Bonchev–Trinajstić information content (AvgIpc) is 3.04. The molecule has 0 radical (unpaired) electrons. The zero-order valence-electron chi connectivity index (χ0n) is 16.5. The van der Waals surface area contributed by atoms with E-state index in [1.807, 2.05) is 63.2 Å². The molecule has 2 aromatic rings. The van der Waals surface area contributed by atoms with Crippen molar-refractivity contribution in [1.82, 2.24) is 14.4 Å². The number of aromatic nitrogens is 1. The fourth-order valence-electron chi connectivity index (χ4n) is 3.40. The van der Waals surface area contributed by atoms with Gasteiger partial charge in [-0.3, -0.25) is 9.59 Å². The first-order chi connectivity index (χ1) is 12.8. The molecule has 1 aromatic carbocycles. The number of amides is 2. The predicted molar refractivity (Wildman–Crippen MR) is 107 cm³/mol. The van der Waals surface area contributed by atoms with E-state index in [1.165, 1.54) is 0 Å². The second-order valence-electron chi connectivity index (χ2n) is 8.40. The second-order valence-corrected chi connectivity index (χ2v) is 8.40. The summed E-state index contributed by atoms with van der Waals surface area (Å²) in [6.45, 7) is 8.86. The van der Waals surface area contributed by atoms with Crippen LogP contribution in [0.1, 0.15) is 44.0 Å². The SMILES string of the molecule is CC(C)(C)CC(=O)N1CCCN(C(=O)c2ccc(-n3cccc3)cc2)CC1. The van der Waals surface area contributed by atoms with Crippen molar-refractivity contribution in [3.8, 4) is 5.69 Å². The summed E-state index contributed by atoms with van der Waals surface area (Å²) in [4.78, 5) is 29.1. The van der Waals surface area contributed by atoms with Gasteiger partial charge in [-0.05, 0) is 48.2 Å². The molecule has 2 amide bonds. The molecule has 5 heteroatoms. The van der Waals surface area contributed by atoms with Crippen LogP contribution < -0.4 is 0 Å². The Labute approximate surface area is 161 Å². The van der Waals surface area contributed by atoms with Crippen LogP contribution in [0.25, 0.3) is 5.69 Å². The van der Waals surface area contributed by atoms with Gasteiger partial charge in [-0.1, -0.05) is 20.8 Å². The number of hydrogen-bond donors (Lipinski definition) is 0. The first kappa shape index (κ1) is 19.2. The van der Waals surface area contributed by atoms with Gasteiger partial charge < -0.3 is 14.4 Å². The Bertz CT molecular complexity index is 773. The van der Waals surface area contributed by atoms with Crippen LogP contribution in [0.3, 0.4) is 0 Å². The van der Waals surface area contributed by atoms with Crippen LogP contribution >= 0.6 is 0 Å². The zero-order valence-corrected chi connectivity index (χ0v) is 16.5. The van der Waals surface area contributed by atoms with E-state index in [2.05, 4.69) is 20.8 Å². The summed E-state index contributed by atoms with van der Waals surface area (Å²) >= 11 is 0. The Morgan fingerprint density at radius 1 is 0.889 bits per heavy atom. The van der Waals surface area contributed by atoms with Gasteiger partial charge in [0.1, 0.15) is 0 Å². The van der Waals surface area contributed by atoms with Crippen molar-refractivity contribution < 1.29 is 9.59 Å². The van der Waals surface area contributed by atoms with Crippen LogP contribution in [0.2, 0.25) is 0 Å². The minimum Gasteiger partial charge on any atom is -0.341 e. The maximum Gasteiger partial charge on any atom is 0.253 e. The van der Waals surface area contributed by atoms with Crippen molar-refractivity contribution in [3.63, 3.8) is 0 Å². The van der Waals surface area contributed by atoms with Gasteiger partial charge in [0, 0.05) is 56.2 Å². The molecule has 144 valence electrons. The number of carbonyl (C=O) groups is 2. The quantitative estimate of drug-likeness (QED) is 0.832. The summed E-state index contributed by atoms with van der Waals surface area (Å²) in [5.74, 6) is 0.229. The predicted octanol–water partition coefficient (Wildman–Crippen LogP) is 3.59. The number of nitrogens with zero attached hydrogens (tertiary/aromatic N) is 3. The minimum atomic E-state index is -0.0135. The van der Waals surface area contributed by atoms with E-state index in [1.54, 1.807) is 0 Å². The van der Waals surface area contributed by atoms with Crippen LogP contribution in [0.15, 0.2) is 48.8 Å². The van der Waals surface area contributed by atoms with E-state index in [0.717, 1.165) is 18.7 Å². The summed E-state index contributed by atoms with van der Waals surface area (Å²) < 4.78 is 2.01. The van der Waals surface area contributed by atoms with Crippen LogP contribution in [0.5, 0.6) is 0 Å². The molecule has 1 aliphatic heterocycles. The fourth-order valence-corrected chi connectivity index (χ4v) is 3.40. The molecule has 1 fully saturated rings. The molecule has 0 bridgehead atoms. The second kappa shape index (κ2) is 7.99. The highest BCUT2D eigenvalue weighted by atomic mass is 16.2. The van der Waals surface area contributed by atoms with Gasteiger partial charge in [0.2, 0.25) is 5.91 Å². The van der Waals surface area contributed by atoms with E-state index < -0.39 is 0 Å². The Morgan fingerprint density at radius 3 is 2.11 bits per heavy atom. The number of hydrogen-bond acceptors (Lipinski definition) is 2. The largest absolute Gasteiger partial charge is 0.341 e. The van der Waals surface area contributed by atoms with Gasteiger partial charge in [-0.2, -0.15) is 0 Å². The fraction of sp³-hybridized carbons (Fsp3) is 0.455. The molecule has 0 N–H and O–H groups in total. The normalized spacial score (nSPS) is 15.5. The molecule has 27 heavy (non-hydrogen) atoms. The molecular weight excluding hydrogens is 338 g/mol. The Hall–Kier alpha value is -2.56. The zero-order chi connectivity index (χ0) is 19.4. The summed E-state index contributed by atoms with van der Waals surface area (Å²) in [6, 6.07) is 11.6. The third-order valence-corrected chi connectivity index (χ3v) is 4.83. The van der Waals surface area contributed by atoms with Crippen LogP contribution in [-0.2, 0) is 4.79 Å². The number of benzene rings is 1. The van der Waals surface area contributed by atoms with E-state index >= 15 is 0 Å². The first-order valence-corrected chi connectivity index (χ1v) is 9.64. The highest BCUT2D eigenvalue weighted by molar-refractivity contribution is 5.94. The highest BCUT2D eigenvalue weighted by Gasteiger charge is 2.25. The van der Waals surface area contributed by atoms with Crippen LogP contribution in [0.4, 0.5) is 0 Å². The molecule has 2 heterocycles. The van der Waals surface area contributed by atoms with Gasteiger partial charge >= 0.3 is 0 Å². The molecule has 1 saturated heterocycles. The summed E-state index contributed by atoms with van der Waals surface area (Å²) in [5.41, 5.74) is 1.71. The first-order valence-electron chi connectivity index (χ1n) is 9.64. The van der Waals surface area contributed by atoms with Gasteiger partial charge in [0.25, 0.3) is 5.91 Å². The number of carbonyl (C=O) groups excluding carboxylic acids is 2. The Kier molecular flexibility index (Phi) is 5.68. The lowest BCUT2D eigenvalue weighted by molar-refractivity contribution is -0.132. The standard InChI is InChI=1S/C22H29N3O2/c1-22(2,3)17-20(26)24-13-6-14-25(16-15-24)21(27)18-7-9-19(10-8-18)23-11-4-5-12-23/h4-5,7-12H,6,13-17H2,1-3H3. The van der Waals surface area contributed by atoms with Crippen molar-refractivity contribution in [2.45, 2.75) is 33.6 Å². The number of rotatable bonds is 3. The molecule has 0 spiro atoms. The maximum absolute atomic E-state index is 12.9. The van der Waals surface area contributed by atoms with Crippen molar-refractivity contribution in [2.24, 2.45) is 5.41 Å². The average molecular weight is 367 g/mol. The van der Waals surface area contributed by atoms with Gasteiger partial charge in [-0.25, -0.2) is 0 Å². The summed E-state index contributed by atoms with van der Waals surface area (Å²) in [6.07, 6.45) is 5.33. The molecule has 0 aliphatic carbocycles. The molecule has 0 unspecified atom stereocenters. The topological polar surface area (TPSA) is 45.6 Å². The van der Waals surface area contributed by atoms with E-state index in [-0.39, 0.29) is 17.2 Å². The Morgan fingerprint density at radius 2 is 1.48 bits per heavy atom. The van der Waals surface area contributed by atoms with E-state index in [4.69, 9.17) is 0 Å². The molecule has 1 aromatic heterocycles. The lowest BCUT2D eigenvalue weighted by Crippen LogP contribution is -2.38. The van der Waals surface area contributed by atoms with E-state index in [9.17, 15) is 9.59 Å². The van der Waals surface area contributed by atoms with Crippen molar-refractivity contribution in [2.75, 3.05) is 26.2 Å². The molecular formula is C22H29N3O2. The monoisotopic (exact) mass is 367 g/mol. The van der Waals surface area contributed by atoms with Crippen LogP contribution in [0, 0.1) is 5.41 Å². The van der Waals surface area contributed by atoms with Crippen molar-refractivity contribution >= 4 is 11.8 Å². The molecule has 0 atom stereocenters. The van der Waals surface area contributed by atoms with Crippen molar-refractivity contribution in [1.29, 1.82) is 0 Å². The van der Waals surface area contributed by atoms with Gasteiger partial charge in [-0.15, -0.1) is 0 Å². The minimum absolute atomic E-state index is 0.0135. The molecule has 1 aliphatic rings. The smallest absolute Gasteiger partial charge is 0.253 e. The highest BCUT2D eigenvalue weighted by Crippen LogP contribution is 2.21. The third kappa shape index (κ3) is 5.00. The van der Waals surface area contributed by atoms with E-state index in [0.29, 0.717) is 31.6 Å². The molecule has 3 rings (SSSR count). The molecule has 5 nitrogen and oxygen atoms in total. The lowest BCUT2D eigenvalue weighted by atomic mass is 9.91. The lowest BCUT2D eigenvalue weighted by Gasteiger charge is -2.25. The summed E-state index contributed by atoms with van der Waals surface area (Å²) in [7, 11) is 0. The van der Waals surface area contributed by atoms with Crippen LogP contribution in [-0.4, -0.2) is 52.4 Å². The van der Waals surface area contributed by atoms with Gasteiger partial charge in [0.05, 0.1) is 0 Å². The maximum atomic E-state index is 12.9. The van der Waals surface area contributed by atoms with Crippen molar-refractivity contribution in [3.05, 3.63) is 54.4 Å². The third-order valence-electron chi connectivity index (χ3n) is 4.83. The molecule has 0 saturated carbocycles. The Balaban J connectivity index is 1.61. The van der Waals surface area contributed by atoms with Gasteiger partial charge in [0.15, 0.2) is 0 Å².